The predicted octanol–water partition coefficient (Wildman–Crippen LogP) is -0.841. The van der Waals surface area contributed by atoms with E-state index in [2.05, 4.69) is 5.32 Å². The van der Waals surface area contributed by atoms with E-state index in [0.717, 1.165) is 19.5 Å². The Balaban J connectivity index is 2.11. The van der Waals surface area contributed by atoms with E-state index in [1.807, 2.05) is 0 Å². The molecule has 0 radical (unpaired) electrons. The molecule has 16 heavy (non-hydrogen) atoms. The molecular formula is C11H14BNO3. The van der Waals surface area contributed by atoms with Gasteiger partial charge in [0, 0.05) is 18.0 Å². The maximum absolute atomic E-state index is 12.0. The Kier molecular flexibility index (Phi) is 3.38. The van der Waals surface area contributed by atoms with Crippen LogP contribution in [0.4, 0.5) is 0 Å². The predicted molar refractivity (Wildman–Crippen MR) is 61.6 cm³/mol. The van der Waals surface area contributed by atoms with Gasteiger partial charge in [-0.15, -0.1) is 0 Å². The lowest BCUT2D eigenvalue weighted by Crippen LogP contribution is -2.29. The summed E-state index contributed by atoms with van der Waals surface area (Å²) in [5, 5.41) is 21.0. The van der Waals surface area contributed by atoms with E-state index in [1.165, 1.54) is 0 Å². The third-order valence-electron chi connectivity index (χ3n) is 2.92. The second-order valence-corrected chi connectivity index (χ2v) is 4.05. The van der Waals surface area contributed by atoms with Gasteiger partial charge in [0.1, 0.15) is 0 Å². The van der Waals surface area contributed by atoms with Crippen molar-refractivity contribution in [3.8, 4) is 0 Å². The number of hydrogen-bond acceptors (Lipinski definition) is 4. The first-order valence-corrected chi connectivity index (χ1v) is 5.39. The molecule has 1 aromatic rings. The van der Waals surface area contributed by atoms with E-state index in [9.17, 15) is 4.79 Å². The molecule has 4 nitrogen and oxygen atoms in total. The van der Waals surface area contributed by atoms with Crippen LogP contribution in [0.25, 0.3) is 0 Å². The highest BCUT2D eigenvalue weighted by molar-refractivity contribution is 6.58. The highest BCUT2D eigenvalue weighted by atomic mass is 16.4. The van der Waals surface area contributed by atoms with Gasteiger partial charge in [-0.3, -0.25) is 4.79 Å². The van der Waals surface area contributed by atoms with E-state index in [-0.39, 0.29) is 11.7 Å². The Morgan fingerprint density at radius 2 is 2.00 bits per heavy atom. The molecule has 1 fully saturated rings. The smallest absolute Gasteiger partial charge is 0.423 e. The Morgan fingerprint density at radius 1 is 1.31 bits per heavy atom. The monoisotopic (exact) mass is 219 g/mol. The van der Waals surface area contributed by atoms with Gasteiger partial charge in [0.2, 0.25) is 0 Å². The van der Waals surface area contributed by atoms with E-state index >= 15 is 0 Å². The van der Waals surface area contributed by atoms with Gasteiger partial charge in [-0.05, 0) is 18.4 Å². The van der Waals surface area contributed by atoms with Gasteiger partial charge in [0.15, 0.2) is 5.78 Å². The molecule has 1 aliphatic rings. The van der Waals surface area contributed by atoms with Crippen LogP contribution in [-0.2, 0) is 0 Å². The fraction of sp³-hybridized carbons (Fsp3) is 0.364. The molecule has 3 N–H and O–H groups in total. The fourth-order valence-corrected chi connectivity index (χ4v) is 1.93. The van der Waals surface area contributed by atoms with Crippen molar-refractivity contribution in [2.75, 3.05) is 13.1 Å². The van der Waals surface area contributed by atoms with Gasteiger partial charge in [-0.25, -0.2) is 0 Å². The Labute approximate surface area is 94.4 Å². The molecule has 84 valence electrons. The SMILES string of the molecule is O=C(c1ccc(B(O)O)cc1)C1CCNC1. The normalized spacial score (nSPS) is 19.8. The van der Waals surface area contributed by atoms with E-state index in [4.69, 9.17) is 10.0 Å². The molecule has 1 atom stereocenters. The lowest BCUT2D eigenvalue weighted by Gasteiger charge is -2.07. The molecule has 0 bridgehead atoms. The lowest BCUT2D eigenvalue weighted by molar-refractivity contribution is 0.0930. The number of carbonyl (C=O) groups is 1. The molecule has 1 unspecified atom stereocenters. The summed E-state index contributed by atoms with van der Waals surface area (Å²) in [6.07, 6.45) is 0.878. The van der Waals surface area contributed by atoms with Crippen molar-refractivity contribution < 1.29 is 14.8 Å². The largest absolute Gasteiger partial charge is 0.488 e. The minimum atomic E-state index is -1.47. The third-order valence-corrected chi connectivity index (χ3v) is 2.92. The van der Waals surface area contributed by atoms with Gasteiger partial charge in [-0.2, -0.15) is 0 Å². The van der Waals surface area contributed by atoms with Crippen LogP contribution in [0.1, 0.15) is 16.8 Å². The van der Waals surface area contributed by atoms with Crippen LogP contribution in [0.5, 0.6) is 0 Å². The second kappa shape index (κ2) is 4.78. The first-order chi connectivity index (χ1) is 7.68. The average Bonchev–Trinajstić information content (AvgIpc) is 2.81. The van der Waals surface area contributed by atoms with Crippen molar-refractivity contribution in [3.63, 3.8) is 0 Å². The van der Waals surface area contributed by atoms with E-state index in [1.54, 1.807) is 24.3 Å². The van der Waals surface area contributed by atoms with Crippen LogP contribution < -0.4 is 10.8 Å². The van der Waals surface area contributed by atoms with Crippen molar-refractivity contribution >= 4 is 18.4 Å². The summed E-state index contributed by atoms with van der Waals surface area (Å²) < 4.78 is 0. The van der Waals surface area contributed by atoms with Crippen LogP contribution in [0, 0.1) is 5.92 Å². The van der Waals surface area contributed by atoms with Crippen molar-refractivity contribution in [1.29, 1.82) is 0 Å². The molecule has 1 heterocycles. The summed E-state index contributed by atoms with van der Waals surface area (Å²) in [7, 11) is -1.47. The van der Waals surface area contributed by atoms with Crippen LogP contribution in [0.2, 0.25) is 0 Å². The number of nitrogens with one attached hydrogen (secondary N) is 1. The van der Waals surface area contributed by atoms with Crippen molar-refractivity contribution in [3.05, 3.63) is 29.8 Å². The van der Waals surface area contributed by atoms with Gasteiger partial charge in [0.25, 0.3) is 0 Å². The van der Waals surface area contributed by atoms with E-state index < -0.39 is 7.12 Å². The van der Waals surface area contributed by atoms with Gasteiger partial charge < -0.3 is 15.4 Å². The molecule has 1 aliphatic heterocycles. The molecule has 1 saturated heterocycles. The first kappa shape index (κ1) is 11.3. The number of benzene rings is 1. The zero-order valence-electron chi connectivity index (χ0n) is 8.89. The first-order valence-electron chi connectivity index (χ1n) is 5.39. The van der Waals surface area contributed by atoms with Crippen LogP contribution >= 0.6 is 0 Å². The molecule has 1 aromatic carbocycles. The number of carbonyl (C=O) groups excluding carboxylic acids is 1. The minimum absolute atomic E-state index is 0.0601. The van der Waals surface area contributed by atoms with Crippen molar-refractivity contribution in [2.24, 2.45) is 5.92 Å². The number of rotatable bonds is 3. The molecule has 0 spiro atoms. The molecule has 0 amide bonds. The fourth-order valence-electron chi connectivity index (χ4n) is 1.93. The summed E-state index contributed by atoms with van der Waals surface area (Å²) >= 11 is 0. The van der Waals surface area contributed by atoms with Crippen LogP contribution in [0.15, 0.2) is 24.3 Å². The highest BCUT2D eigenvalue weighted by Crippen LogP contribution is 2.14. The number of Topliss-reactive ketones (excluding diaryl/α,β-unsaturated/α-hetero) is 1. The van der Waals surface area contributed by atoms with Crippen molar-refractivity contribution in [1.82, 2.24) is 5.32 Å². The maximum Gasteiger partial charge on any atom is 0.488 e. The number of ketones is 1. The highest BCUT2D eigenvalue weighted by Gasteiger charge is 2.23. The zero-order chi connectivity index (χ0) is 11.5. The quantitative estimate of drug-likeness (QED) is 0.458. The van der Waals surface area contributed by atoms with Gasteiger partial charge in [0.05, 0.1) is 0 Å². The Hall–Kier alpha value is -1.17. The Morgan fingerprint density at radius 3 is 2.50 bits per heavy atom. The molecular weight excluding hydrogens is 205 g/mol. The van der Waals surface area contributed by atoms with Crippen LogP contribution in [0.3, 0.4) is 0 Å². The minimum Gasteiger partial charge on any atom is -0.423 e. The van der Waals surface area contributed by atoms with Crippen LogP contribution in [-0.4, -0.2) is 36.0 Å². The zero-order valence-corrected chi connectivity index (χ0v) is 8.89. The molecule has 5 heteroatoms. The van der Waals surface area contributed by atoms with E-state index in [0.29, 0.717) is 11.0 Å². The molecule has 0 aromatic heterocycles. The standard InChI is InChI=1S/C11H14BNO3/c14-11(9-5-6-13-7-9)8-1-3-10(4-2-8)12(15)16/h1-4,9,13,15-16H,5-7H2. The summed E-state index contributed by atoms with van der Waals surface area (Å²) in [5.41, 5.74) is 1.04. The van der Waals surface area contributed by atoms with Gasteiger partial charge in [-0.1, -0.05) is 24.3 Å². The average molecular weight is 219 g/mol. The maximum atomic E-state index is 12.0. The summed E-state index contributed by atoms with van der Waals surface area (Å²) in [4.78, 5) is 12.0. The Bertz CT molecular complexity index is 371. The topological polar surface area (TPSA) is 69.6 Å². The summed E-state index contributed by atoms with van der Waals surface area (Å²) in [5.74, 6) is 0.189. The van der Waals surface area contributed by atoms with Crippen molar-refractivity contribution in [2.45, 2.75) is 6.42 Å². The second-order valence-electron chi connectivity index (χ2n) is 4.05. The molecule has 0 saturated carbocycles. The van der Waals surface area contributed by atoms with Gasteiger partial charge >= 0.3 is 7.12 Å². The third kappa shape index (κ3) is 2.32. The molecule has 2 rings (SSSR count). The number of hydrogen-bond donors (Lipinski definition) is 3. The summed E-state index contributed by atoms with van der Waals surface area (Å²) in [6, 6.07) is 6.44. The molecule has 0 aliphatic carbocycles. The summed E-state index contributed by atoms with van der Waals surface area (Å²) in [6.45, 7) is 1.63. The lowest BCUT2D eigenvalue weighted by atomic mass is 9.79.